The summed E-state index contributed by atoms with van der Waals surface area (Å²) in [5.74, 6) is 0.564. The van der Waals surface area contributed by atoms with Gasteiger partial charge in [-0.15, -0.1) is 0 Å². The number of pyridine rings is 1. The maximum Gasteiger partial charge on any atom is 0.273 e. The van der Waals surface area contributed by atoms with Crippen LogP contribution in [0.4, 0.5) is 11.4 Å². The van der Waals surface area contributed by atoms with Crippen LogP contribution >= 0.6 is 0 Å². The average Bonchev–Trinajstić information content (AvgIpc) is 3.12. The van der Waals surface area contributed by atoms with E-state index in [9.17, 15) is 9.90 Å². The second-order valence-corrected chi connectivity index (χ2v) is 10.8. The van der Waals surface area contributed by atoms with Crippen molar-refractivity contribution in [2.24, 2.45) is 16.6 Å². The largest absolute Gasteiger partial charge is 0.399 e. The van der Waals surface area contributed by atoms with Crippen LogP contribution in [-0.4, -0.2) is 64.6 Å². The summed E-state index contributed by atoms with van der Waals surface area (Å²) in [7, 11) is 0. The van der Waals surface area contributed by atoms with Crippen LogP contribution in [0.25, 0.3) is 17.2 Å². The van der Waals surface area contributed by atoms with Gasteiger partial charge in [-0.2, -0.15) is 0 Å². The molecular formula is C32H38N6O3. The fourth-order valence-corrected chi connectivity index (χ4v) is 5.11. The molecule has 1 saturated heterocycles. The Bertz CT molecular complexity index is 1430. The number of aliphatic imine (C=N–C) groups is 1. The number of amides is 1. The molecule has 0 saturated carbocycles. The van der Waals surface area contributed by atoms with Gasteiger partial charge < -0.3 is 21.5 Å². The van der Waals surface area contributed by atoms with Gasteiger partial charge in [-0.1, -0.05) is 31.2 Å². The maximum absolute atomic E-state index is 13.5. The van der Waals surface area contributed by atoms with Crippen molar-refractivity contribution in [2.75, 3.05) is 38.5 Å². The number of carbonyl (C=O) groups excluding carboxylic acids is 1. The third-order valence-electron chi connectivity index (χ3n) is 7.43. The van der Waals surface area contributed by atoms with Gasteiger partial charge in [0.1, 0.15) is 12.4 Å². The number of hydroxylamine groups is 2. The summed E-state index contributed by atoms with van der Waals surface area (Å²) < 4.78 is 0. The molecule has 0 atom stereocenters. The fourth-order valence-electron chi connectivity index (χ4n) is 5.11. The van der Waals surface area contributed by atoms with Crippen LogP contribution in [0.2, 0.25) is 0 Å². The number of nitrogens with two attached hydrogens (primary N) is 2. The van der Waals surface area contributed by atoms with Gasteiger partial charge in [0.05, 0.1) is 5.69 Å². The highest BCUT2D eigenvalue weighted by atomic mass is 16.7. The van der Waals surface area contributed by atoms with E-state index in [0.29, 0.717) is 35.2 Å². The van der Waals surface area contributed by atoms with Crippen LogP contribution in [0.15, 0.2) is 71.5 Å². The van der Waals surface area contributed by atoms with E-state index in [1.54, 1.807) is 0 Å². The van der Waals surface area contributed by atoms with Gasteiger partial charge in [-0.3, -0.25) is 14.6 Å². The summed E-state index contributed by atoms with van der Waals surface area (Å²) in [6.07, 6.45) is 7.51. The molecule has 3 heterocycles. The van der Waals surface area contributed by atoms with Crippen molar-refractivity contribution in [1.29, 1.82) is 0 Å². The lowest BCUT2D eigenvalue weighted by Crippen LogP contribution is -2.48. The molecular weight excluding hydrogens is 516 g/mol. The van der Waals surface area contributed by atoms with Gasteiger partial charge in [0, 0.05) is 79.9 Å². The van der Waals surface area contributed by atoms with Crippen LogP contribution in [0, 0.1) is 5.92 Å². The molecule has 41 heavy (non-hydrogen) atoms. The summed E-state index contributed by atoms with van der Waals surface area (Å²) in [5.41, 5.74) is 18.9. The number of benzene rings is 2. The first-order valence-electron chi connectivity index (χ1n) is 14.2. The number of aliphatic hydroxyl groups excluding tert-OH is 1. The summed E-state index contributed by atoms with van der Waals surface area (Å²) in [6, 6.07) is 15.6. The Kier molecular flexibility index (Phi) is 9.08. The number of nitrogens with zero attached hydrogens (tertiary/aromatic N) is 4. The molecule has 5 N–H and O–H groups in total. The molecule has 0 unspecified atom stereocenters. The first kappa shape index (κ1) is 28.5. The number of nitrogen functional groups attached to an aromatic ring is 1. The zero-order chi connectivity index (χ0) is 28.8. The number of carbonyl (C=O) groups is 1. The highest BCUT2D eigenvalue weighted by Crippen LogP contribution is 2.32. The number of amidine groups is 1. The van der Waals surface area contributed by atoms with E-state index >= 15 is 0 Å². The molecule has 0 spiro atoms. The van der Waals surface area contributed by atoms with Gasteiger partial charge >= 0.3 is 0 Å². The molecule has 2 aliphatic rings. The monoisotopic (exact) mass is 554 g/mol. The van der Waals surface area contributed by atoms with Crippen LogP contribution in [-0.2, 0) is 22.7 Å². The van der Waals surface area contributed by atoms with Gasteiger partial charge in [-0.25, -0.2) is 10.1 Å². The van der Waals surface area contributed by atoms with Crippen LogP contribution < -0.4 is 11.5 Å². The summed E-state index contributed by atoms with van der Waals surface area (Å²) in [4.78, 5) is 31.0. The zero-order valence-electron chi connectivity index (χ0n) is 23.5. The number of hydrogen-bond donors (Lipinski definition) is 3. The molecule has 1 aromatic heterocycles. The number of fused-ring (bicyclic) bond motifs is 1. The van der Waals surface area contributed by atoms with E-state index in [-0.39, 0.29) is 25.5 Å². The Labute approximate surface area is 241 Å². The standard InChI is InChI=1S/C32H38N6O3/c1-2-10-38(41-21-22-3-7-29(33)8-4-22)32(40)27-13-26-6-5-25(14-30(26)36-31(34)15-27)28-12-23(16-35-17-28)9-11-37-18-24(19-37)20-39/h3-8,12-14,16-17,24,39H,2,9-11,15,18-21,33H2,1H3,(H2,34,36). The van der Waals surface area contributed by atoms with Crippen molar-refractivity contribution in [3.05, 3.63) is 83.2 Å². The second kappa shape index (κ2) is 13.1. The highest BCUT2D eigenvalue weighted by Gasteiger charge is 2.25. The third-order valence-corrected chi connectivity index (χ3v) is 7.43. The fraction of sp³-hybridized carbons (Fsp3) is 0.344. The van der Waals surface area contributed by atoms with Gasteiger partial charge in [0.15, 0.2) is 0 Å². The molecule has 1 fully saturated rings. The van der Waals surface area contributed by atoms with Gasteiger partial charge in [0.25, 0.3) is 5.91 Å². The molecule has 0 bridgehead atoms. The number of aliphatic hydroxyl groups is 1. The van der Waals surface area contributed by atoms with Gasteiger partial charge in [0.2, 0.25) is 0 Å². The quantitative estimate of drug-likeness (QED) is 0.242. The number of aromatic nitrogens is 1. The van der Waals surface area contributed by atoms with Crippen molar-refractivity contribution in [3.8, 4) is 11.1 Å². The minimum atomic E-state index is -0.221. The van der Waals surface area contributed by atoms with E-state index < -0.39 is 0 Å². The average molecular weight is 555 g/mol. The predicted molar refractivity (Wildman–Crippen MR) is 162 cm³/mol. The van der Waals surface area contributed by atoms with Crippen molar-refractivity contribution < 1.29 is 14.7 Å². The van der Waals surface area contributed by atoms with E-state index in [4.69, 9.17) is 16.3 Å². The summed E-state index contributed by atoms with van der Waals surface area (Å²) >= 11 is 0. The molecule has 2 aromatic carbocycles. The lowest BCUT2D eigenvalue weighted by atomic mass is 9.99. The minimum absolute atomic E-state index is 0.221. The van der Waals surface area contributed by atoms with E-state index in [2.05, 4.69) is 20.9 Å². The van der Waals surface area contributed by atoms with Crippen molar-refractivity contribution in [1.82, 2.24) is 14.9 Å². The Balaban J connectivity index is 1.30. The minimum Gasteiger partial charge on any atom is -0.399 e. The number of likely N-dealkylation sites (tertiary alicyclic amines) is 1. The molecule has 0 aliphatic carbocycles. The Hall–Kier alpha value is -4.05. The molecule has 5 rings (SSSR count). The van der Waals surface area contributed by atoms with Gasteiger partial charge in [-0.05, 0) is 59.9 Å². The molecule has 9 nitrogen and oxygen atoms in total. The molecule has 3 aromatic rings. The van der Waals surface area contributed by atoms with Crippen molar-refractivity contribution in [2.45, 2.75) is 32.8 Å². The topological polar surface area (TPSA) is 130 Å². The first-order valence-corrected chi connectivity index (χ1v) is 14.2. The van der Waals surface area contributed by atoms with Crippen LogP contribution in [0.3, 0.4) is 0 Å². The Morgan fingerprint density at radius 2 is 1.88 bits per heavy atom. The molecule has 9 heteroatoms. The van der Waals surface area contributed by atoms with Crippen molar-refractivity contribution in [3.63, 3.8) is 0 Å². The molecule has 2 aliphatic heterocycles. The van der Waals surface area contributed by atoms with Crippen LogP contribution in [0.1, 0.15) is 36.5 Å². The molecule has 1 amide bonds. The second-order valence-electron chi connectivity index (χ2n) is 10.8. The van der Waals surface area contributed by atoms with E-state index in [1.165, 1.54) is 5.06 Å². The number of hydrogen-bond acceptors (Lipinski definition) is 8. The zero-order valence-corrected chi connectivity index (χ0v) is 23.5. The first-order chi connectivity index (χ1) is 19.9. The number of rotatable bonds is 11. The smallest absolute Gasteiger partial charge is 0.273 e. The Morgan fingerprint density at radius 3 is 2.63 bits per heavy atom. The Morgan fingerprint density at radius 1 is 1.07 bits per heavy atom. The highest BCUT2D eigenvalue weighted by molar-refractivity contribution is 6.05. The van der Waals surface area contributed by atoms with Crippen molar-refractivity contribution >= 4 is 29.2 Å². The normalized spacial score (nSPS) is 15.4. The SMILES string of the molecule is CCCN(OCc1ccc(N)cc1)C(=O)C1=Cc2ccc(-c3cncc(CCN4CC(CO)C4)c3)cc2N=C(N)C1. The van der Waals surface area contributed by atoms with E-state index in [1.807, 2.05) is 67.9 Å². The molecule has 214 valence electrons. The third kappa shape index (κ3) is 7.18. The van der Waals surface area contributed by atoms with E-state index in [0.717, 1.165) is 60.3 Å². The number of anilines is 1. The lowest BCUT2D eigenvalue weighted by Gasteiger charge is -2.38. The maximum atomic E-state index is 13.5. The molecule has 0 radical (unpaired) electrons. The lowest BCUT2D eigenvalue weighted by molar-refractivity contribution is -0.187. The van der Waals surface area contributed by atoms with Crippen LogP contribution in [0.5, 0.6) is 0 Å². The predicted octanol–water partition coefficient (Wildman–Crippen LogP) is 3.94. The summed E-state index contributed by atoms with van der Waals surface area (Å²) in [6.45, 7) is 5.84. The summed E-state index contributed by atoms with van der Waals surface area (Å²) in [5, 5.41) is 10.7.